The van der Waals surface area contributed by atoms with E-state index in [0.29, 0.717) is 5.78 Å². The molecule has 68 valence electrons. The molecular formula is C10H16O2. The Morgan fingerprint density at radius 2 is 2.08 bits per heavy atom. The quantitative estimate of drug-likeness (QED) is 0.643. The van der Waals surface area contributed by atoms with Gasteiger partial charge < -0.3 is 4.74 Å². The van der Waals surface area contributed by atoms with E-state index in [4.69, 9.17) is 4.74 Å². The number of rotatable bonds is 3. The second-order valence-corrected chi connectivity index (χ2v) is 3.98. The highest BCUT2D eigenvalue weighted by Gasteiger charge is 2.27. The lowest BCUT2D eigenvalue weighted by Gasteiger charge is -2.20. The van der Waals surface area contributed by atoms with E-state index in [0.717, 1.165) is 31.8 Å². The molecule has 2 heteroatoms. The average Bonchev–Trinajstić information content (AvgIpc) is 2.86. The molecule has 0 aromatic carbocycles. The second-order valence-electron chi connectivity index (χ2n) is 3.98. The van der Waals surface area contributed by atoms with Crippen LogP contribution in [0.1, 0.15) is 38.5 Å². The highest BCUT2D eigenvalue weighted by atomic mass is 16.5. The third-order valence-electron chi connectivity index (χ3n) is 2.73. The summed E-state index contributed by atoms with van der Waals surface area (Å²) in [5.41, 5.74) is 0. The molecule has 0 aromatic rings. The van der Waals surface area contributed by atoms with Crippen LogP contribution in [0.5, 0.6) is 0 Å². The first kappa shape index (κ1) is 8.24. The summed E-state index contributed by atoms with van der Waals surface area (Å²) in [7, 11) is 0. The monoisotopic (exact) mass is 168 g/mol. The highest BCUT2D eigenvalue weighted by molar-refractivity contribution is 5.83. The summed E-state index contributed by atoms with van der Waals surface area (Å²) in [6.45, 7) is 0.830. The summed E-state index contributed by atoms with van der Waals surface area (Å²) in [6.07, 6.45) is 6.52. The Morgan fingerprint density at radius 3 is 2.75 bits per heavy atom. The van der Waals surface area contributed by atoms with Gasteiger partial charge in [-0.15, -0.1) is 0 Å². The van der Waals surface area contributed by atoms with E-state index < -0.39 is 0 Å². The molecule has 0 N–H and O–H groups in total. The van der Waals surface area contributed by atoms with Crippen molar-refractivity contribution in [1.82, 2.24) is 0 Å². The molecule has 2 rings (SSSR count). The van der Waals surface area contributed by atoms with E-state index in [1.807, 2.05) is 0 Å². The van der Waals surface area contributed by atoms with Crippen LogP contribution in [0.4, 0.5) is 0 Å². The van der Waals surface area contributed by atoms with Gasteiger partial charge >= 0.3 is 0 Å². The van der Waals surface area contributed by atoms with Gasteiger partial charge in [-0.2, -0.15) is 0 Å². The number of ketones is 1. The zero-order chi connectivity index (χ0) is 8.39. The van der Waals surface area contributed by atoms with E-state index in [9.17, 15) is 4.79 Å². The van der Waals surface area contributed by atoms with Gasteiger partial charge in [0.25, 0.3) is 0 Å². The minimum Gasteiger partial charge on any atom is -0.370 e. The molecule has 1 atom stereocenters. The molecule has 2 nitrogen and oxygen atoms in total. The maximum atomic E-state index is 11.3. The summed E-state index contributed by atoms with van der Waals surface area (Å²) < 4.78 is 5.57. The van der Waals surface area contributed by atoms with Crippen molar-refractivity contribution in [1.29, 1.82) is 0 Å². The van der Waals surface area contributed by atoms with Crippen LogP contribution in [0.2, 0.25) is 0 Å². The predicted octanol–water partition coefficient (Wildman–Crippen LogP) is 1.92. The third-order valence-corrected chi connectivity index (χ3v) is 2.73. The van der Waals surface area contributed by atoms with Crippen LogP contribution in [0.15, 0.2) is 0 Å². The first-order chi connectivity index (χ1) is 5.86. The third kappa shape index (κ3) is 2.07. The van der Waals surface area contributed by atoms with Crippen LogP contribution in [0.3, 0.4) is 0 Å². The van der Waals surface area contributed by atoms with Crippen molar-refractivity contribution in [3.63, 3.8) is 0 Å². The standard InChI is InChI=1S/C10H16O2/c11-9-3-1-2-4-10(9)12-7-8-5-6-8/h8,10H,1-7H2. The number of carbonyl (C=O) groups is 1. The molecule has 2 aliphatic rings. The predicted molar refractivity (Wildman–Crippen MR) is 45.9 cm³/mol. The minimum atomic E-state index is -0.0423. The highest BCUT2D eigenvalue weighted by Crippen LogP contribution is 2.30. The van der Waals surface area contributed by atoms with E-state index >= 15 is 0 Å². The number of hydrogen-bond acceptors (Lipinski definition) is 2. The van der Waals surface area contributed by atoms with Crippen molar-refractivity contribution in [3.05, 3.63) is 0 Å². The van der Waals surface area contributed by atoms with Crippen LogP contribution in [-0.4, -0.2) is 18.5 Å². The van der Waals surface area contributed by atoms with E-state index in [2.05, 4.69) is 0 Å². The maximum absolute atomic E-state index is 11.3. The molecule has 0 saturated heterocycles. The lowest BCUT2D eigenvalue weighted by atomic mass is 9.96. The van der Waals surface area contributed by atoms with Gasteiger partial charge in [-0.05, 0) is 38.0 Å². The van der Waals surface area contributed by atoms with Crippen molar-refractivity contribution >= 4 is 5.78 Å². The molecule has 2 fully saturated rings. The summed E-state index contributed by atoms with van der Waals surface area (Å²) in [6, 6.07) is 0. The summed E-state index contributed by atoms with van der Waals surface area (Å²) in [4.78, 5) is 11.3. The zero-order valence-corrected chi connectivity index (χ0v) is 7.42. The van der Waals surface area contributed by atoms with Crippen molar-refractivity contribution in [2.24, 2.45) is 5.92 Å². The second kappa shape index (κ2) is 3.56. The molecule has 0 spiro atoms. The molecule has 2 aliphatic carbocycles. The first-order valence-corrected chi connectivity index (χ1v) is 5.00. The topological polar surface area (TPSA) is 26.3 Å². The Balaban J connectivity index is 1.72. The van der Waals surface area contributed by atoms with Crippen molar-refractivity contribution in [3.8, 4) is 0 Å². The molecule has 2 saturated carbocycles. The largest absolute Gasteiger partial charge is 0.370 e. The summed E-state index contributed by atoms with van der Waals surface area (Å²) >= 11 is 0. The van der Waals surface area contributed by atoms with Gasteiger partial charge in [0.1, 0.15) is 6.10 Å². The van der Waals surface area contributed by atoms with Crippen LogP contribution >= 0.6 is 0 Å². The van der Waals surface area contributed by atoms with Crippen molar-refractivity contribution in [2.75, 3.05) is 6.61 Å². The zero-order valence-electron chi connectivity index (χ0n) is 7.42. The Hall–Kier alpha value is -0.370. The number of Topliss-reactive ketones (excluding diaryl/α,β-unsaturated/α-hetero) is 1. The Labute approximate surface area is 73.3 Å². The van der Waals surface area contributed by atoms with Gasteiger partial charge in [0, 0.05) is 6.42 Å². The Kier molecular flexibility index (Phi) is 2.45. The number of hydrogen-bond donors (Lipinski definition) is 0. The average molecular weight is 168 g/mol. The smallest absolute Gasteiger partial charge is 0.161 e. The minimum absolute atomic E-state index is 0.0423. The van der Waals surface area contributed by atoms with Gasteiger partial charge in [-0.25, -0.2) is 0 Å². The van der Waals surface area contributed by atoms with Crippen LogP contribution < -0.4 is 0 Å². The van der Waals surface area contributed by atoms with Gasteiger partial charge in [0.2, 0.25) is 0 Å². The van der Waals surface area contributed by atoms with Gasteiger partial charge in [0.15, 0.2) is 5.78 Å². The molecule has 1 unspecified atom stereocenters. The normalized spacial score (nSPS) is 30.7. The van der Waals surface area contributed by atoms with Crippen molar-refractivity contribution < 1.29 is 9.53 Å². The van der Waals surface area contributed by atoms with E-state index in [1.165, 1.54) is 19.3 Å². The lowest BCUT2D eigenvalue weighted by Crippen LogP contribution is -2.28. The maximum Gasteiger partial charge on any atom is 0.161 e. The molecule has 0 amide bonds. The van der Waals surface area contributed by atoms with Crippen LogP contribution in [0, 0.1) is 5.92 Å². The molecule has 0 heterocycles. The van der Waals surface area contributed by atoms with Crippen LogP contribution in [0.25, 0.3) is 0 Å². The number of carbonyl (C=O) groups excluding carboxylic acids is 1. The van der Waals surface area contributed by atoms with Crippen molar-refractivity contribution in [2.45, 2.75) is 44.6 Å². The Morgan fingerprint density at radius 1 is 1.25 bits per heavy atom. The van der Waals surface area contributed by atoms with Gasteiger partial charge in [-0.1, -0.05) is 0 Å². The first-order valence-electron chi connectivity index (χ1n) is 5.00. The van der Waals surface area contributed by atoms with Gasteiger partial charge in [-0.3, -0.25) is 4.79 Å². The summed E-state index contributed by atoms with van der Waals surface area (Å²) in [5.74, 6) is 1.11. The molecular weight excluding hydrogens is 152 g/mol. The lowest BCUT2D eigenvalue weighted by molar-refractivity contribution is -0.133. The fourth-order valence-corrected chi connectivity index (χ4v) is 1.66. The fourth-order valence-electron chi connectivity index (χ4n) is 1.66. The Bertz CT molecular complexity index is 173. The van der Waals surface area contributed by atoms with Gasteiger partial charge in [0.05, 0.1) is 6.61 Å². The van der Waals surface area contributed by atoms with E-state index in [1.54, 1.807) is 0 Å². The molecule has 0 bridgehead atoms. The molecule has 12 heavy (non-hydrogen) atoms. The van der Waals surface area contributed by atoms with E-state index in [-0.39, 0.29) is 6.10 Å². The number of ether oxygens (including phenoxy) is 1. The molecule has 0 aliphatic heterocycles. The van der Waals surface area contributed by atoms with Crippen LogP contribution in [-0.2, 0) is 9.53 Å². The SMILES string of the molecule is O=C1CCCCC1OCC1CC1. The molecule has 0 radical (unpaired) electrons. The fraction of sp³-hybridized carbons (Fsp3) is 0.900. The molecule has 0 aromatic heterocycles. The summed E-state index contributed by atoms with van der Waals surface area (Å²) in [5, 5.41) is 0.